The Morgan fingerprint density at radius 3 is 2.43 bits per heavy atom. The van der Waals surface area contributed by atoms with Crippen LogP contribution in [0.4, 0.5) is 11.6 Å². The molecule has 4 heteroatoms. The highest BCUT2D eigenvalue weighted by molar-refractivity contribution is 5.49. The maximum Gasteiger partial charge on any atom is 0.134 e. The third-order valence-electron chi connectivity index (χ3n) is 3.47. The number of nitrogens with zero attached hydrogens (tertiary/aromatic N) is 3. The van der Waals surface area contributed by atoms with Crippen molar-refractivity contribution in [2.24, 2.45) is 0 Å². The van der Waals surface area contributed by atoms with Gasteiger partial charge in [-0.15, -0.1) is 0 Å². The van der Waals surface area contributed by atoms with Crippen LogP contribution in [0.5, 0.6) is 0 Å². The predicted molar refractivity (Wildman–Crippen MR) is 89.0 cm³/mol. The van der Waals surface area contributed by atoms with Gasteiger partial charge in [-0.2, -0.15) is 0 Å². The van der Waals surface area contributed by atoms with Gasteiger partial charge >= 0.3 is 0 Å². The molecule has 4 nitrogen and oxygen atoms in total. The molecule has 1 aromatic carbocycles. The molecule has 0 aliphatic heterocycles. The van der Waals surface area contributed by atoms with Gasteiger partial charge in [-0.25, -0.2) is 9.97 Å². The standard InChI is InChI=1S/C17H24N4/c1-4-21(5-2)17-13-16(19-14(3)20-17)18-12-11-15-9-7-6-8-10-15/h6-10,13H,4-5,11-12H2,1-3H3,(H,18,19,20). The molecule has 1 N–H and O–H groups in total. The quantitative estimate of drug-likeness (QED) is 0.847. The maximum absolute atomic E-state index is 4.52. The number of rotatable bonds is 7. The third kappa shape index (κ3) is 4.45. The molecule has 0 fully saturated rings. The van der Waals surface area contributed by atoms with Crippen LogP contribution in [-0.2, 0) is 6.42 Å². The molecule has 0 atom stereocenters. The Hall–Kier alpha value is -2.10. The maximum atomic E-state index is 4.52. The van der Waals surface area contributed by atoms with Crippen molar-refractivity contribution in [3.8, 4) is 0 Å². The molecule has 0 unspecified atom stereocenters. The number of aryl methyl sites for hydroxylation is 1. The zero-order valence-corrected chi connectivity index (χ0v) is 13.1. The highest BCUT2D eigenvalue weighted by Crippen LogP contribution is 2.15. The summed E-state index contributed by atoms with van der Waals surface area (Å²) in [5.41, 5.74) is 1.33. The van der Waals surface area contributed by atoms with Crippen LogP contribution in [0.25, 0.3) is 0 Å². The molecule has 2 aromatic rings. The van der Waals surface area contributed by atoms with E-state index in [0.717, 1.165) is 43.5 Å². The lowest BCUT2D eigenvalue weighted by Gasteiger charge is -2.20. The summed E-state index contributed by atoms with van der Waals surface area (Å²) in [7, 11) is 0. The Morgan fingerprint density at radius 1 is 1.05 bits per heavy atom. The van der Waals surface area contributed by atoms with E-state index in [1.165, 1.54) is 5.56 Å². The summed E-state index contributed by atoms with van der Waals surface area (Å²) in [6, 6.07) is 12.5. The van der Waals surface area contributed by atoms with E-state index in [0.29, 0.717) is 0 Å². The van der Waals surface area contributed by atoms with Crippen LogP contribution < -0.4 is 10.2 Å². The normalized spacial score (nSPS) is 10.4. The van der Waals surface area contributed by atoms with E-state index < -0.39 is 0 Å². The molecule has 112 valence electrons. The number of hydrogen-bond donors (Lipinski definition) is 1. The minimum absolute atomic E-state index is 0.807. The van der Waals surface area contributed by atoms with Gasteiger partial charge in [0.05, 0.1) is 0 Å². The molecule has 21 heavy (non-hydrogen) atoms. The number of aromatic nitrogens is 2. The summed E-state index contributed by atoms with van der Waals surface area (Å²) >= 11 is 0. The molecule has 2 rings (SSSR count). The van der Waals surface area contributed by atoms with Gasteiger partial charge in [0, 0.05) is 25.7 Å². The molecule has 0 saturated carbocycles. The summed E-state index contributed by atoms with van der Waals surface area (Å²) in [4.78, 5) is 11.2. The first-order valence-corrected chi connectivity index (χ1v) is 7.61. The third-order valence-corrected chi connectivity index (χ3v) is 3.47. The van der Waals surface area contributed by atoms with Gasteiger partial charge < -0.3 is 10.2 Å². The Kier molecular flexibility index (Phi) is 5.55. The summed E-state index contributed by atoms with van der Waals surface area (Å²) in [6.07, 6.45) is 0.991. The minimum atomic E-state index is 0.807. The highest BCUT2D eigenvalue weighted by Gasteiger charge is 2.07. The largest absolute Gasteiger partial charge is 0.370 e. The molecule has 0 saturated heterocycles. The van der Waals surface area contributed by atoms with Crippen molar-refractivity contribution in [1.29, 1.82) is 0 Å². The molecular weight excluding hydrogens is 260 g/mol. The van der Waals surface area contributed by atoms with Crippen LogP contribution in [0.15, 0.2) is 36.4 Å². The van der Waals surface area contributed by atoms with Crippen molar-refractivity contribution in [1.82, 2.24) is 9.97 Å². The van der Waals surface area contributed by atoms with Gasteiger partial charge in [0.25, 0.3) is 0 Å². The van der Waals surface area contributed by atoms with E-state index in [2.05, 4.69) is 58.3 Å². The van der Waals surface area contributed by atoms with Crippen LogP contribution in [0.3, 0.4) is 0 Å². The second-order valence-corrected chi connectivity index (χ2v) is 4.99. The Morgan fingerprint density at radius 2 is 1.76 bits per heavy atom. The summed E-state index contributed by atoms with van der Waals surface area (Å²) in [6.45, 7) is 9.01. The van der Waals surface area contributed by atoms with Crippen molar-refractivity contribution < 1.29 is 0 Å². The molecular formula is C17H24N4. The lowest BCUT2D eigenvalue weighted by molar-refractivity contribution is 0.833. The molecule has 0 spiro atoms. The minimum Gasteiger partial charge on any atom is -0.370 e. The summed E-state index contributed by atoms with van der Waals surface area (Å²) in [5, 5.41) is 3.40. The lowest BCUT2D eigenvalue weighted by atomic mass is 10.1. The SMILES string of the molecule is CCN(CC)c1cc(NCCc2ccccc2)nc(C)n1. The number of anilines is 2. The Balaban J connectivity index is 1.99. The van der Waals surface area contributed by atoms with Gasteiger partial charge in [0.1, 0.15) is 17.5 Å². The van der Waals surface area contributed by atoms with E-state index in [1.54, 1.807) is 0 Å². The molecule has 0 radical (unpaired) electrons. The number of nitrogens with one attached hydrogen (secondary N) is 1. The molecule has 0 aliphatic rings. The fourth-order valence-electron chi connectivity index (χ4n) is 2.33. The smallest absolute Gasteiger partial charge is 0.134 e. The van der Waals surface area contributed by atoms with E-state index in [1.807, 2.05) is 19.1 Å². The summed E-state index contributed by atoms with van der Waals surface area (Å²) < 4.78 is 0. The van der Waals surface area contributed by atoms with Gasteiger partial charge in [0.2, 0.25) is 0 Å². The molecule has 0 bridgehead atoms. The van der Waals surface area contributed by atoms with Crippen molar-refractivity contribution in [3.05, 3.63) is 47.8 Å². The highest BCUT2D eigenvalue weighted by atomic mass is 15.2. The van der Waals surface area contributed by atoms with Crippen LogP contribution in [0, 0.1) is 6.92 Å². The lowest BCUT2D eigenvalue weighted by Crippen LogP contribution is -2.23. The molecule has 1 aromatic heterocycles. The van der Waals surface area contributed by atoms with Crippen molar-refractivity contribution >= 4 is 11.6 Å². The van der Waals surface area contributed by atoms with E-state index in [-0.39, 0.29) is 0 Å². The van der Waals surface area contributed by atoms with Crippen LogP contribution in [0.2, 0.25) is 0 Å². The fraction of sp³-hybridized carbons (Fsp3) is 0.412. The molecule has 0 aliphatic carbocycles. The average Bonchev–Trinajstić information content (AvgIpc) is 2.49. The average molecular weight is 284 g/mol. The first-order chi connectivity index (χ1) is 10.2. The fourth-order valence-corrected chi connectivity index (χ4v) is 2.33. The topological polar surface area (TPSA) is 41.0 Å². The van der Waals surface area contributed by atoms with Crippen LogP contribution in [0.1, 0.15) is 25.2 Å². The monoisotopic (exact) mass is 284 g/mol. The first kappa shape index (κ1) is 15.3. The Bertz CT molecular complexity index is 550. The van der Waals surface area contributed by atoms with Gasteiger partial charge in [-0.3, -0.25) is 0 Å². The van der Waals surface area contributed by atoms with Crippen LogP contribution in [-0.4, -0.2) is 29.6 Å². The molecule has 1 heterocycles. The Labute approximate surface area is 127 Å². The van der Waals surface area contributed by atoms with Gasteiger partial charge in [-0.1, -0.05) is 30.3 Å². The number of hydrogen-bond acceptors (Lipinski definition) is 4. The van der Waals surface area contributed by atoms with Gasteiger partial charge in [0.15, 0.2) is 0 Å². The number of benzene rings is 1. The van der Waals surface area contributed by atoms with E-state index in [9.17, 15) is 0 Å². The zero-order valence-electron chi connectivity index (χ0n) is 13.1. The van der Waals surface area contributed by atoms with E-state index in [4.69, 9.17) is 0 Å². The predicted octanol–water partition coefficient (Wildman–Crippen LogP) is 3.29. The summed E-state index contributed by atoms with van der Waals surface area (Å²) in [5.74, 6) is 2.71. The van der Waals surface area contributed by atoms with Crippen molar-refractivity contribution in [2.75, 3.05) is 29.9 Å². The second kappa shape index (κ2) is 7.62. The van der Waals surface area contributed by atoms with Gasteiger partial charge in [-0.05, 0) is 32.8 Å². The van der Waals surface area contributed by atoms with Crippen LogP contribution >= 0.6 is 0 Å². The zero-order chi connectivity index (χ0) is 15.1. The van der Waals surface area contributed by atoms with Crippen molar-refractivity contribution in [3.63, 3.8) is 0 Å². The second-order valence-electron chi connectivity index (χ2n) is 4.99. The molecule has 0 amide bonds. The van der Waals surface area contributed by atoms with E-state index >= 15 is 0 Å². The first-order valence-electron chi connectivity index (χ1n) is 7.61. The van der Waals surface area contributed by atoms with Crippen molar-refractivity contribution in [2.45, 2.75) is 27.2 Å².